The molecule has 0 spiro atoms. The molecule has 0 aliphatic heterocycles. The molecule has 158 valence electrons. The quantitative estimate of drug-likeness (QED) is 0.221. The van der Waals surface area contributed by atoms with Crippen molar-refractivity contribution in [2.45, 2.75) is 0 Å². The molecule has 0 heterocycles. The van der Waals surface area contributed by atoms with Gasteiger partial charge in [-0.1, -0.05) is 12.1 Å². The van der Waals surface area contributed by atoms with Crippen molar-refractivity contribution in [3.63, 3.8) is 0 Å². The summed E-state index contributed by atoms with van der Waals surface area (Å²) in [6.45, 7) is 0. The van der Waals surface area contributed by atoms with Gasteiger partial charge < -0.3 is 25.3 Å². The fourth-order valence-electron chi connectivity index (χ4n) is 2.40. The van der Waals surface area contributed by atoms with Crippen LogP contribution in [0.2, 0.25) is 0 Å². The van der Waals surface area contributed by atoms with Crippen LogP contribution in [0.25, 0.3) is 6.08 Å². The summed E-state index contributed by atoms with van der Waals surface area (Å²) in [5.41, 5.74) is 7.11. The number of hydrazine groups is 1. The molecule has 1 aliphatic rings. The SMILES string of the molecule is COC1=CC(=CNNC(=O)c2cccc(/C=C/C(=O)NO)c2)C(=[N+]([O-])[O-])C=C1OC. The smallest absolute Gasteiger partial charge is 0.269 e. The number of ether oxygens (including phenoxy) is 2. The van der Waals surface area contributed by atoms with Crippen molar-refractivity contribution in [2.24, 2.45) is 0 Å². The van der Waals surface area contributed by atoms with Crippen LogP contribution in [0.1, 0.15) is 15.9 Å². The summed E-state index contributed by atoms with van der Waals surface area (Å²) in [6, 6.07) is 6.31. The molecule has 4 N–H and O–H groups in total. The maximum atomic E-state index is 12.3. The normalized spacial score (nSPS) is 14.6. The number of carbonyl (C=O) groups is 2. The van der Waals surface area contributed by atoms with Gasteiger partial charge >= 0.3 is 0 Å². The predicted octanol–water partition coefficient (Wildman–Crippen LogP) is 0.847. The Hall–Kier alpha value is -4.25. The van der Waals surface area contributed by atoms with Crippen LogP contribution in [0.15, 0.2) is 65.8 Å². The first-order valence-corrected chi connectivity index (χ1v) is 8.41. The summed E-state index contributed by atoms with van der Waals surface area (Å²) in [7, 11) is 2.76. The Bertz CT molecular complexity index is 973. The van der Waals surface area contributed by atoms with Gasteiger partial charge in [0.1, 0.15) is 0 Å². The number of carbonyl (C=O) groups excluding carboxylic acids is 2. The van der Waals surface area contributed by atoms with E-state index in [4.69, 9.17) is 14.7 Å². The summed E-state index contributed by atoms with van der Waals surface area (Å²) in [5, 5.41) is 31.1. The number of hydrogen-bond acceptors (Lipinski definition) is 8. The molecular weight excluding hydrogens is 396 g/mol. The maximum absolute atomic E-state index is 12.3. The number of hydroxylamine groups is 1. The average molecular weight is 415 g/mol. The molecule has 0 fully saturated rings. The molecule has 1 aromatic rings. The Morgan fingerprint density at radius 1 is 1.13 bits per heavy atom. The third-order valence-corrected chi connectivity index (χ3v) is 3.83. The molecular formula is C19H19N4O7-. The van der Waals surface area contributed by atoms with E-state index in [1.807, 2.05) is 0 Å². The maximum Gasteiger partial charge on any atom is 0.269 e. The number of amides is 2. The van der Waals surface area contributed by atoms with Crippen LogP contribution in [0.3, 0.4) is 0 Å². The minimum Gasteiger partial charge on any atom is -0.612 e. The number of hydrogen-bond donors (Lipinski definition) is 4. The van der Waals surface area contributed by atoms with E-state index in [1.54, 1.807) is 18.2 Å². The zero-order valence-electron chi connectivity index (χ0n) is 16.0. The van der Waals surface area contributed by atoms with Gasteiger partial charge in [-0.25, -0.2) is 5.48 Å². The zero-order chi connectivity index (χ0) is 22.1. The third-order valence-electron chi connectivity index (χ3n) is 3.83. The summed E-state index contributed by atoms with van der Waals surface area (Å²) < 4.78 is 10.2. The van der Waals surface area contributed by atoms with E-state index in [-0.39, 0.29) is 28.4 Å². The topological polar surface area (TPSA) is 158 Å². The van der Waals surface area contributed by atoms with Gasteiger partial charge in [-0.05, 0) is 29.8 Å². The van der Waals surface area contributed by atoms with Crippen LogP contribution >= 0.6 is 0 Å². The van der Waals surface area contributed by atoms with E-state index in [0.717, 1.165) is 6.08 Å². The molecule has 0 aromatic heterocycles. The first-order valence-electron chi connectivity index (χ1n) is 8.41. The lowest BCUT2D eigenvalue weighted by molar-refractivity contribution is -0.377. The van der Waals surface area contributed by atoms with E-state index in [0.29, 0.717) is 5.56 Å². The largest absolute Gasteiger partial charge is 0.612 e. The van der Waals surface area contributed by atoms with E-state index in [9.17, 15) is 20.0 Å². The Morgan fingerprint density at radius 2 is 1.83 bits per heavy atom. The molecule has 2 rings (SSSR count). The molecule has 0 unspecified atom stereocenters. The van der Waals surface area contributed by atoms with Gasteiger partial charge in [-0.3, -0.25) is 20.2 Å². The van der Waals surface area contributed by atoms with Gasteiger partial charge in [-0.15, -0.1) is 0 Å². The molecule has 30 heavy (non-hydrogen) atoms. The first kappa shape index (κ1) is 22.0. The molecule has 0 bridgehead atoms. The van der Waals surface area contributed by atoms with Gasteiger partial charge in [-0.2, -0.15) is 4.90 Å². The van der Waals surface area contributed by atoms with E-state index >= 15 is 0 Å². The second kappa shape index (κ2) is 10.3. The fourth-order valence-corrected chi connectivity index (χ4v) is 2.40. The number of methoxy groups -OCH3 is 2. The minimum absolute atomic E-state index is 0.157. The van der Waals surface area contributed by atoms with Gasteiger partial charge in [0.25, 0.3) is 11.8 Å². The molecule has 1 aromatic carbocycles. The molecule has 11 nitrogen and oxygen atoms in total. The highest BCUT2D eigenvalue weighted by Crippen LogP contribution is 2.21. The van der Waals surface area contributed by atoms with Crippen molar-refractivity contribution in [3.8, 4) is 0 Å². The van der Waals surface area contributed by atoms with Gasteiger partial charge in [0.2, 0.25) is 5.71 Å². The Labute approximate surface area is 171 Å². The summed E-state index contributed by atoms with van der Waals surface area (Å²) in [4.78, 5) is 22.8. The molecule has 11 heteroatoms. The number of benzene rings is 1. The molecule has 1 aliphatic carbocycles. The van der Waals surface area contributed by atoms with E-state index in [1.165, 1.54) is 50.2 Å². The lowest BCUT2D eigenvalue weighted by Gasteiger charge is -2.18. The molecule has 0 saturated heterocycles. The van der Waals surface area contributed by atoms with Gasteiger partial charge in [0.15, 0.2) is 11.5 Å². The number of rotatable bonds is 7. The minimum atomic E-state index is -0.711. The molecule has 0 radical (unpaired) electrons. The van der Waals surface area contributed by atoms with Crippen LogP contribution in [0.5, 0.6) is 0 Å². The van der Waals surface area contributed by atoms with Crippen LogP contribution in [-0.4, -0.2) is 41.9 Å². The second-order valence-corrected chi connectivity index (χ2v) is 5.70. The number of nitrogens with one attached hydrogen (secondary N) is 3. The van der Waals surface area contributed by atoms with Crippen molar-refractivity contribution in [2.75, 3.05) is 14.2 Å². The molecule has 2 amide bonds. The standard InChI is InChI=1S/C19H19N4O7/c1-29-16-9-14(15(23(27)28)10-17(16)30-2)11-20-21-19(25)13-5-3-4-12(8-13)6-7-18(24)22-26/h3-11,20H,1-2H3,(H3-,21,22,24,25,26,27,28)/q-1/b7-6+,14-11?. The highest BCUT2D eigenvalue weighted by molar-refractivity contribution is 6.09. The molecule has 0 atom stereocenters. The van der Waals surface area contributed by atoms with Crippen LogP contribution in [-0.2, 0) is 14.3 Å². The fraction of sp³-hybridized carbons (Fsp3) is 0.105. The summed E-state index contributed by atoms with van der Waals surface area (Å²) in [5.74, 6) is -0.743. The van der Waals surface area contributed by atoms with Crippen LogP contribution < -0.4 is 16.3 Å². The Balaban J connectivity index is 2.12. The summed E-state index contributed by atoms with van der Waals surface area (Å²) >= 11 is 0. The summed E-state index contributed by atoms with van der Waals surface area (Å²) in [6.07, 6.45) is 6.36. The number of nitrogens with zero attached hydrogens (tertiary/aromatic N) is 1. The first-order chi connectivity index (χ1) is 14.4. The van der Waals surface area contributed by atoms with Gasteiger partial charge in [0.05, 0.1) is 25.9 Å². The van der Waals surface area contributed by atoms with Crippen LogP contribution in [0.4, 0.5) is 0 Å². The van der Waals surface area contributed by atoms with Crippen molar-refractivity contribution in [1.29, 1.82) is 0 Å². The highest BCUT2D eigenvalue weighted by Gasteiger charge is 2.22. The predicted molar refractivity (Wildman–Crippen MR) is 106 cm³/mol. The van der Waals surface area contributed by atoms with E-state index in [2.05, 4.69) is 10.9 Å². The average Bonchev–Trinajstić information content (AvgIpc) is 2.76. The van der Waals surface area contributed by atoms with E-state index < -0.39 is 16.7 Å². The monoisotopic (exact) mass is 415 g/mol. The Morgan fingerprint density at radius 3 is 2.47 bits per heavy atom. The van der Waals surface area contributed by atoms with Crippen LogP contribution in [0, 0.1) is 10.4 Å². The lowest BCUT2D eigenvalue weighted by Crippen LogP contribution is -2.34. The lowest BCUT2D eigenvalue weighted by atomic mass is 10.0. The van der Waals surface area contributed by atoms with Crippen molar-refractivity contribution in [1.82, 2.24) is 16.3 Å². The van der Waals surface area contributed by atoms with Crippen molar-refractivity contribution < 1.29 is 29.2 Å². The zero-order valence-corrected chi connectivity index (χ0v) is 16.0. The third kappa shape index (κ3) is 5.62. The molecule has 0 saturated carbocycles. The second-order valence-electron chi connectivity index (χ2n) is 5.70. The van der Waals surface area contributed by atoms with Gasteiger partial charge in [0, 0.05) is 17.8 Å². The Kier molecular flexibility index (Phi) is 7.60. The van der Waals surface area contributed by atoms with Crippen molar-refractivity contribution in [3.05, 3.63) is 87.3 Å². The van der Waals surface area contributed by atoms with Crippen molar-refractivity contribution >= 4 is 23.6 Å². The number of allylic oxidation sites excluding steroid dienone is 3. The highest BCUT2D eigenvalue weighted by atomic mass is 16.8.